The Morgan fingerprint density at radius 2 is 2.00 bits per heavy atom. The molecule has 1 amide bonds. The van der Waals surface area contributed by atoms with E-state index in [0.717, 1.165) is 11.4 Å². The number of nitrogens with one attached hydrogen (secondary N) is 1. The summed E-state index contributed by atoms with van der Waals surface area (Å²) in [6, 6.07) is 7.25. The number of carbonyl (C=O) groups excluding carboxylic acids is 2. The fourth-order valence-corrected chi connectivity index (χ4v) is 2.71. The molecule has 0 aliphatic heterocycles. The summed E-state index contributed by atoms with van der Waals surface area (Å²) in [6.07, 6.45) is 1.50. The first-order chi connectivity index (χ1) is 12.1. The Hall–Kier alpha value is -2.34. The molecule has 0 radical (unpaired) electrons. The van der Waals surface area contributed by atoms with Gasteiger partial charge >= 0.3 is 5.97 Å². The van der Waals surface area contributed by atoms with Crippen molar-refractivity contribution >= 4 is 23.5 Å². The Labute approximate surface area is 158 Å². The third kappa shape index (κ3) is 5.08. The summed E-state index contributed by atoms with van der Waals surface area (Å²) in [7, 11) is 0. The van der Waals surface area contributed by atoms with Crippen molar-refractivity contribution in [1.82, 2.24) is 15.1 Å². The summed E-state index contributed by atoms with van der Waals surface area (Å²) in [5.41, 5.74) is 1.34. The molecule has 1 N–H and O–H groups in total. The van der Waals surface area contributed by atoms with E-state index in [1.807, 2.05) is 26.0 Å². The van der Waals surface area contributed by atoms with Crippen LogP contribution in [0.1, 0.15) is 56.6 Å². The second-order valence-corrected chi connectivity index (χ2v) is 7.70. The quantitative estimate of drug-likeness (QED) is 0.806. The third-order valence-corrected chi connectivity index (χ3v) is 3.70. The van der Waals surface area contributed by atoms with Crippen LogP contribution in [0.15, 0.2) is 30.5 Å². The van der Waals surface area contributed by atoms with Gasteiger partial charge in [-0.25, -0.2) is 4.68 Å². The number of nitrogens with zero attached hydrogens (tertiary/aromatic N) is 2. The Bertz CT molecular complexity index is 807. The number of halogens is 1. The van der Waals surface area contributed by atoms with E-state index in [1.54, 1.807) is 37.6 Å². The lowest BCUT2D eigenvalue weighted by Gasteiger charge is -2.19. The number of aromatic nitrogens is 2. The van der Waals surface area contributed by atoms with Gasteiger partial charge in [-0.1, -0.05) is 31.5 Å². The Kier molecular flexibility index (Phi) is 6.08. The van der Waals surface area contributed by atoms with Crippen LogP contribution in [-0.2, 0) is 9.53 Å². The van der Waals surface area contributed by atoms with E-state index < -0.39 is 11.6 Å². The topological polar surface area (TPSA) is 73.2 Å². The first kappa shape index (κ1) is 20.0. The van der Waals surface area contributed by atoms with Gasteiger partial charge in [0.2, 0.25) is 0 Å². The Balaban J connectivity index is 2.22. The van der Waals surface area contributed by atoms with Crippen LogP contribution in [0.5, 0.6) is 0 Å². The summed E-state index contributed by atoms with van der Waals surface area (Å²) in [5.74, 6) is -0.814. The number of hydrogen-bond donors (Lipinski definition) is 1. The normalized spacial score (nSPS) is 11.5. The monoisotopic (exact) mass is 377 g/mol. The van der Waals surface area contributed by atoms with E-state index in [1.165, 1.54) is 6.20 Å². The fourth-order valence-electron chi connectivity index (χ4n) is 2.53. The lowest BCUT2D eigenvalue weighted by Crippen LogP contribution is -2.35. The molecule has 0 unspecified atom stereocenters. The van der Waals surface area contributed by atoms with Gasteiger partial charge in [-0.2, -0.15) is 5.10 Å². The molecule has 0 bridgehead atoms. The highest BCUT2D eigenvalue weighted by Gasteiger charge is 2.22. The van der Waals surface area contributed by atoms with E-state index in [0.29, 0.717) is 10.6 Å². The molecule has 2 aromatic rings. The molecule has 140 valence electrons. The highest BCUT2D eigenvalue weighted by Crippen LogP contribution is 2.24. The molecule has 6 nitrogen and oxygen atoms in total. The van der Waals surface area contributed by atoms with Gasteiger partial charge in [0, 0.05) is 5.02 Å². The first-order valence-corrected chi connectivity index (χ1v) is 8.80. The fraction of sp³-hybridized carbons (Fsp3) is 0.421. The van der Waals surface area contributed by atoms with Gasteiger partial charge in [0.1, 0.15) is 12.1 Å². The van der Waals surface area contributed by atoms with Crippen molar-refractivity contribution in [3.05, 3.63) is 46.7 Å². The van der Waals surface area contributed by atoms with Crippen molar-refractivity contribution in [2.24, 2.45) is 0 Å². The van der Waals surface area contributed by atoms with Gasteiger partial charge in [-0.15, -0.1) is 0 Å². The maximum Gasteiger partial charge on any atom is 0.325 e. The zero-order chi connectivity index (χ0) is 19.5. The molecule has 0 spiro atoms. The molecule has 0 saturated heterocycles. The number of rotatable bonds is 5. The molecule has 0 aliphatic carbocycles. The summed E-state index contributed by atoms with van der Waals surface area (Å²) in [6.45, 7) is 9.08. The largest absolute Gasteiger partial charge is 0.459 e. The zero-order valence-corrected chi connectivity index (χ0v) is 16.4. The molecule has 1 aromatic heterocycles. The molecule has 0 saturated carbocycles. The van der Waals surface area contributed by atoms with Gasteiger partial charge in [0.05, 0.1) is 23.1 Å². The minimum atomic E-state index is -0.595. The molecule has 26 heavy (non-hydrogen) atoms. The van der Waals surface area contributed by atoms with Crippen molar-refractivity contribution in [3.8, 4) is 5.69 Å². The molecule has 2 rings (SSSR count). The lowest BCUT2D eigenvalue weighted by atomic mass is 10.1. The molecule has 0 aliphatic rings. The number of carbonyl (C=O) groups is 2. The highest BCUT2D eigenvalue weighted by molar-refractivity contribution is 6.30. The van der Waals surface area contributed by atoms with Crippen LogP contribution in [0.2, 0.25) is 5.02 Å². The number of esters is 1. The summed E-state index contributed by atoms with van der Waals surface area (Å²) < 4.78 is 6.89. The minimum absolute atomic E-state index is 0.0405. The molecule has 0 atom stereocenters. The number of hydrogen-bond acceptors (Lipinski definition) is 4. The maximum absolute atomic E-state index is 12.6. The Morgan fingerprint density at radius 3 is 2.58 bits per heavy atom. The highest BCUT2D eigenvalue weighted by atomic mass is 35.5. The van der Waals surface area contributed by atoms with E-state index in [9.17, 15) is 9.59 Å². The molecular formula is C19H24ClN3O3. The summed E-state index contributed by atoms with van der Waals surface area (Å²) >= 11 is 6.06. The van der Waals surface area contributed by atoms with Crippen LogP contribution in [0.3, 0.4) is 0 Å². The smallest absolute Gasteiger partial charge is 0.325 e. The minimum Gasteiger partial charge on any atom is -0.459 e. The van der Waals surface area contributed by atoms with Gasteiger partial charge in [-0.3, -0.25) is 9.59 Å². The second-order valence-electron chi connectivity index (χ2n) is 7.26. The summed E-state index contributed by atoms with van der Waals surface area (Å²) in [5, 5.41) is 7.52. The molecule has 7 heteroatoms. The van der Waals surface area contributed by atoms with Crippen LogP contribution in [0, 0.1) is 0 Å². The van der Waals surface area contributed by atoms with Gasteiger partial charge < -0.3 is 10.1 Å². The first-order valence-electron chi connectivity index (χ1n) is 8.42. The van der Waals surface area contributed by atoms with E-state index in [2.05, 4.69) is 10.4 Å². The predicted octanol–water partition coefficient (Wildman–Crippen LogP) is 3.72. The van der Waals surface area contributed by atoms with Crippen LogP contribution < -0.4 is 5.32 Å². The Morgan fingerprint density at radius 1 is 1.31 bits per heavy atom. The van der Waals surface area contributed by atoms with Crippen molar-refractivity contribution < 1.29 is 14.3 Å². The molecule has 0 fully saturated rings. The van der Waals surface area contributed by atoms with E-state index in [4.69, 9.17) is 16.3 Å². The third-order valence-electron chi connectivity index (χ3n) is 3.46. The van der Waals surface area contributed by atoms with Gasteiger partial charge in [0.25, 0.3) is 5.91 Å². The van der Waals surface area contributed by atoms with E-state index in [-0.39, 0.29) is 18.4 Å². The van der Waals surface area contributed by atoms with Gasteiger partial charge in [0.15, 0.2) is 0 Å². The summed E-state index contributed by atoms with van der Waals surface area (Å²) in [4.78, 5) is 24.4. The van der Waals surface area contributed by atoms with Crippen molar-refractivity contribution in [2.75, 3.05) is 6.54 Å². The van der Waals surface area contributed by atoms with Gasteiger partial charge in [-0.05, 0) is 44.9 Å². The average Bonchev–Trinajstić information content (AvgIpc) is 2.96. The van der Waals surface area contributed by atoms with Crippen LogP contribution >= 0.6 is 11.6 Å². The number of benzene rings is 1. The zero-order valence-electron chi connectivity index (χ0n) is 15.7. The number of amides is 1. The van der Waals surface area contributed by atoms with Crippen molar-refractivity contribution in [3.63, 3.8) is 0 Å². The lowest BCUT2D eigenvalue weighted by molar-refractivity contribution is -0.153. The second kappa shape index (κ2) is 7.91. The van der Waals surface area contributed by atoms with Crippen molar-refractivity contribution in [1.29, 1.82) is 0 Å². The predicted molar refractivity (Wildman–Crippen MR) is 101 cm³/mol. The maximum atomic E-state index is 12.6. The van der Waals surface area contributed by atoms with Crippen LogP contribution in [-0.4, -0.2) is 33.8 Å². The molecular weight excluding hydrogens is 354 g/mol. The SMILES string of the molecule is CC(C)c1c(C(=O)NCC(=O)OC(C)(C)C)cnn1-c1cccc(Cl)c1. The van der Waals surface area contributed by atoms with E-state index >= 15 is 0 Å². The van der Waals surface area contributed by atoms with Crippen molar-refractivity contribution in [2.45, 2.75) is 46.1 Å². The van der Waals surface area contributed by atoms with Crippen LogP contribution in [0.25, 0.3) is 5.69 Å². The van der Waals surface area contributed by atoms with Crippen LogP contribution in [0.4, 0.5) is 0 Å². The molecule has 1 heterocycles. The standard InChI is InChI=1S/C19H24ClN3O3/c1-12(2)17-15(18(25)21-11-16(24)26-19(3,4)5)10-22-23(17)14-8-6-7-13(20)9-14/h6-10,12H,11H2,1-5H3,(H,21,25). The average molecular weight is 378 g/mol. The molecule has 1 aromatic carbocycles. The number of ether oxygens (including phenoxy) is 1.